The molecule has 0 unspecified atom stereocenters. The monoisotopic (exact) mass is 354 g/mol. The minimum Gasteiger partial charge on any atom is -0.268 e. The molecule has 0 aliphatic carbocycles. The molecule has 2 nitrogen and oxygen atoms in total. The van der Waals surface area contributed by atoms with Crippen molar-refractivity contribution in [2.75, 3.05) is 0 Å². The maximum Gasteiger partial charge on any atom is 0.0758 e. The Kier molecular flexibility index (Phi) is 4.80. The molecule has 0 spiro atoms. The first-order valence-corrected chi connectivity index (χ1v) is 7.62. The lowest BCUT2D eigenvalue weighted by Gasteiger charge is -2.06. The summed E-state index contributed by atoms with van der Waals surface area (Å²) >= 11 is 2.43. The van der Waals surface area contributed by atoms with E-state index >= 15 is 0 Å². The second-order valence-corrected chi connectivity index (χ2v) is 5.45. The van der Waals surface area contributed by atoms with Crippen LogP contribution in [-0.2, 0) is 25.8 Å². The zero-order valence-electron chi connectivity index (χ0n) is 11.0. The van der Waals surface area contributed by atoms with Crippen molar-refractivity contribution in [2.24, 2.45) is 0 Å². The van der Waals surface area contributed by atoms with Crippen LogP contribution in [0.5, 0.6) is 0 Å². The van der Waals surface area contributed by atoms with Crippen molar-refractivity contribution >= 4 is 22.6 Å². The second kappa shape index (κ2) is 6.36. The van der Waals surface area contributed by atoms with Gasteiger partial charge in [0, 0.05) is 6.54 Å². The van der Waals surface area contributed by atoms with E-state index in [0.29, 0.717) is 0 Å². The topological polar surface area (TPSA) is 17.8 Å². The minimum atomic E-state index is 0.975. The van der Waals surface area contributed by atoms with Crippen LogP contribution < -0.4 is 0 Å². The standard InChI is InChI=1S/C15H19IN2/c1-3-13-15(16)14(4-2)18(17-13)11-10-12-8-6-5-7-9-12/h5-9H,3-4,10-11H2,1-2H3. The van der Waals surface area contributed by atoms with E-state index in [-0.39, 0.29) is 0 Å². The van der Waals surface area contributed by atoms with E-state index in [0.717, 1.165) is 25.8 Å². The summed E-state index contributed by atoms with van der Waals surface area (Å²) in [5.41, 5.74) is 3.99. The van der Waals surface area contributed by atoms with Crippen molar-refractivity contribution in [1.29, 1.82) is 0 Å². The van der Waals surface area contributed by atoms with Gasteiger partial charge in [-0.3, -0.25) is 4.68 Å². The van der Waals surface area contributed by atoms with Gasteiger partial charge < -0.3 is 0 Å². The molecule has 2 aromatic rings. The highest BCUT2D eigenvalue weighted by atomic mass is 127. The van der Waals surface area contributed by atoms with Crippen LogP contribution >= 0.6 is 22.6 Å². The van der Waals surface area contributed by atoms with Gasteiger partial charge in [-0.25, -0.2) is 0 Å². The van der Waals surface area contributed by atoms with Crippen molar-refractivity contribution in [3.63, 3.8) is 0 Å². The molecule has 0 aliphatic heterocycles. The van der Waals surface area contributed by atoms with E-state index in [9.17, 15) is 0 Å². The third kappa shape index (κ3) is 2.94. The fraction of sp³-hybridized carbons (Fsp3) is 0.400. The van der Waals surface area contributed by atoms with E-state index in [1.807, 2.05) is 0 Å². The van der Waals surface area contributed by atoms with Crippen LogP contribution in [0.2, 0.25) is 0 Å². The summed E-state index contributed by atoms with van der Waals surface area (Å²) in [6.07, 6.45) is 3.12. The molecule has 0 fully saturated rings. The fourth-order valence-electron chi connectivity index (χ4n) is 2.16. The number of aromatic nitrogens is 2. The van der Waals surface area contributed by atoms with Gasteiger partial charge in [-0.2, -0.15) is 5.10 Å². The van der Waals surface area contributed by atoms with E-state index in [1.54, 1.807) is 0 Å². The average molecular weight is 354 g/mol. The van der Waals surface area contributed by atoms with Crippen LogP contribution in [0.1, 0.15) is 30.8 Å². The van der Waals surface area contributed by atoms with Gasteiger partial charge in [0.1, 0.15) is 0 Å². The van der Waals surface area contributed by atoms with E-state index in [1.165, 1.54) is 20.5 Å². The molecule has 0 N–H and O–H groups in total. The lowest BCUT2D eigenvalue weighted by molar-refractivity contribution is 0.581. The van der Waals surface area contributed by atoms with Crippen molar-refractivity contribution in [3.05, 3.63) is 50.9 Å². The van der Waals surface area contributed by atoms with Gasteiger partial charge >= 0.3 is 0 Å². The molecule has 0 amide bonds. The Morgan fingerprint density at radius 2 is 1.83 bits per heavy atom. The molecule has 18 heavy (non-hydrogen) atoms. The van der Waals surface area contributed by atoms with Gasteiger partial charge in [0.05, 0.1) is 15.0 Å². The van der Waals surface area contributed by atoms with E-state index < -0.39 is 0 Å². The molecular weight excluding hydrogens is 335 g/mol. The van der Waals surface area contributed by atoms with Crippen LogP contribution in [0.25, 0.3) is 0 Å². The number of aryl methyl sites for hydroxylation is 3. The number of rotatable bonds is 5. The zero-order valence-corrected chi connectivity index (χ0v) is 13.1. The van der Waals surface area contributed by atoms with Gasteiger partial charge in [-0.15, -0.1) is 0 Å². The highest BCUT2D eigenvalue weighted by molar-refractivity contribution is 14.1. The molecule has 0 aliphatic rings. The van der Waals surface area contributed by atoms with Crippen molar-refractivity contribution in [1.82, 2.24) is 9.78 Å². The molecule has 0 atom stereocenters. The van der Waals surface area contributed by atoms with Gasteiger partial charge in [0.2, 0.25) is 0 Å². The Bertz CT molecular complexity index is 503. The summed E-state index contributed by atoms with van der Waals surface area (Å²) < 4.78 is 3.54. The SMILES string of the molecule is CCc1nn(CCc2ccccc2)c(CC)c1I. The Hall–Kier alpha value is -0.840. The number of hydrogen-bond donors (Lipinski definition) is 0. The molecule has 0 saturated heterocycles. The summed E-state index contributed by atoms with van der Waals surface area (Å²) in [5.74, 6) is 0. The molecular formula is C15H19IN2. The summed E-state index contributed by atoms with van der Waals surface area (Å²) in [5, 5.41) is 4.72. The predicted octanol–water partition coefficient (Wildman–Crippen LogP) is 3.86. The summed E-state index contributed by atoms with van der Waals surface area (Å²) in [6.45, 7) is 5.35. The quantitative estimate of drug-likeness (QED) is 0.746. The van der Waals surface area contributed by atoms with Gasteiger partial charge in [0.15, 0.2) is 0 Å². The zero-order chi connectivity index (χ0) is 13.0. The molecule has 1 aromatic carbocycles. The van der Waals surface area contributed by atoms with Crippen LogP contribution in [0.15, 0.2) is 30.3 Å². The molecule has 3 heteroatoms. The first-order valence-electron chi connectivity index (χ1n) is 6.54. The highest BCUT2D eigenvalue weighted by Gasteiger charge is 2.12. The molecule has 0 bridgehead atoms. The fourth-order valence-corrected chi connectivity index (χ4v) is 3.31. The average Bonchev–Trinajstić information content (AvgIpc) is 2.73. The lowest BCUT2D eigenvalue weighted by Crippen LogP contribution is -2.07. The van der Waals surface area contributed by atoms with Crippen LogP contribution in [0.4, 0.5) is 0 Å². The summed E-state index contributed by atoms with van der Waals surface area (Å²) in [7, 11) is 0. The van der Waals surface area contributed by atoms with Gasteiger partial charge in [0.25, 0.3) is 0 Å². The maximum atomic E-state index is 4.72. The lowest BCUT2D eigenvalue weighted by atomic mass is 10.1. The Balaban J connectivity index is 2.14. The number of benzene rings is 1. The largest absolute Gasteiger partial charge is 0.268 e. The second-order valence-electron chi connectivity index (χ2n) is 4.37. The molecule has 0 radical (unpaired) electrons. The smallest absolute Gasteiger partial charge is 0.0758 e. The first-order chi connectivity index (χ1) is 8.76. The summed E-state index contributed by atoms with van der Waals surface area (Å²) in [6, 6.07) is 10.6. The molecule has 1 aromatic heterocycles. The molecule has 0 saturated carbocycles. The molecule has 1 heterocycles. The van der Waals surface area contributed by atoms with Crippen molar-refractivity contribution in [3.8, 4) is 0 Å². The molecule has 96 valence electrons. The highest BCUT2D eigenvalue weighted by Crippen LogP contribution is 2.18. The Labute approximate surface area is 123 Å². The maximum absolute atomic E-state index is 4.72. The Morgan fingerprint density at radius 3 is 2.44 bits per heavy atom. The van der Waals surface area contributed by atoms with Crippen molar-refractivity contribution < 1.29 is 0 Å². The van der Waals surface area contributed by atoms with Gasteiger partial charge in [-0.05, 0) is 47.4 Å². The van der Waals surface area contributed by atoms with Crippen LogP contribution in [-0.4, -0.2) is 9.78 Å². The normalized spacial score (nSPS) is 10.8. The molecule has 2 rings (SSSR count). The third-order valence-corrected chi connectivity index (χ3v) is 4.43. The predicted molar refractivity (Wildman–Crippen MR) is 83.8 cm³/mol. The van der Waals surface area contributed by atoms with Crippen LogP contribution in [0.3, 0.4) is 0 Å². The first kappa shape index (κ1) is 13.6. The van der Waals surface area contributed by atoms with Crippen molar-refractivity contribution in [2.45, 2.75) is 39.7 Å². The summed E-state index contributed by atoms with van der Waals surface area (Å²) in [4.78, 5) is 0. The Morgan fingerprint density at radius 1 is 1.11 bits per heavy atom. The minimum absolute atomic E-state index is 0.975. The third-order valence-electron chi connectivity index (χ3n) is 3.18. The number of halogens is 1. The number of nitrogens with zero attached hydrogens (tertiary/aromatic N) is 2. The van der Waals surface area contributed by atoms with Crippen LogP contribution in [0, 0.1) is 3.57 Å². The number of hydrogen-bond acceptors (Lipinski definition) is 1. The van der Waals surface area contributed by atoms with Gasteiger partial charge in [-0.1, -0.05) is 44.2 Å². The van der Waals surface area contributed by atoms with E-state index in [2.05, 4.69) is 71.5 Å². The van der Waals surface area contributed by atoms with E-state index in [4.69, 9.17) is 5.10 Å².